The smallest absolute Gasteiger partial charge is 0.303 e. The van der Waals surface area contributed by atoms with Gasteiger partial charge in [-0.1, -0.05) is 6.92 Å². The van der Waals surface area contributed by atoms with Gasteiger partial charge in [0.2, 0.25) is 0 Å². The number of carboxylic acids is 1. The predicted octanol–water partition coefficient (Wildman–Crippen LogP) is 2.96. The fraction of sp³-hybridized carbons (Fsp3) is 0.462. The summed E-state index contributed by atoms with van der Waals surface area (Å²) in [7, 11) is 0. The van der Waals surface area contributed by atoms with E-state index < -0.39 is 5.97 Å². The van der Waals surface area contributed by atoms with Crippen LogP contribution in [0.3, 0.4) is 0 Å². The Balaban J connectivity index is 2.38. The Morgan fingerprint density at radius 3 is 3.00 bits per heavy atom. The fourth-order valence-electron chi connectivity index (χ4n) is 2.36. The Bertz CT molecular complexity index is 454. The number of rotatable bonds is 4. The summed E-state index contributed by atoms with van der Waals surface area (Å²) in [5.74, 6) is 0.195. The maximum Gasteiger partial charge on any atom is 0.303 e. The van der Waals surface area contributed by atoms with Gasteiger partial charge in [-0.2, -0.15) is 0 Å². The van der Waals surface area contributed by atoms with Gasteiger partial charge in [-0.05, 0) is 46.0 Å². The zero-order chi connectivity index (χ0) is 12.4. The van der Waals surface area contributed by atoms with E-state index >= 15 is 0 Å². The van der Waals surface area contributed by atoms with Crippen LogP contribution in [0.5, 0.6) is 5.75 Å². The third-order valence-corrected chi connectivity index (χ3v) is 3.69. The van der Waals surface area contributed by atoms with Crippen LogP contribution in [0.15, 0.2) is 10.5 Å². The van der Waals surface area contributed by atoms with E-state index in [-0.39, 0.29) is 6.42 Å². The highest BCUT2D eigenvalue weighted by Gasteiger charge is 2.21. The summed E-state index contributed by atoms with van der Waals surface area (Å²) in [5, 5.41) is 8.76. The molecule has 4 heteroatoms. The largest absolute Gasteiger partial charge is 0.492 e. The molecule has 0 unspecified atom stereocenters. The van der Waals surface area contributed by atoms with Gasteiger partial charge in [0.15, 0.2) is 0 Å². The summed E-state index contributed by atoms with van der Waals surface area (Å²) in [6.07, 6.45) is 2.62. The number of hydrogen-bond donors (Lipinski definition) is 1. The lowest BCUT2D eigenvalue weighted by Crippen LogP contribution is -2.02. The number of fused-ring (bicyclic) bond motifs is 1. The van der Waals surface area contributed by atoms with Crippen LogP contribution in [0.2, 0.25) is 0 Å². The van der Waals surface area contributed by atoms with Crippen molar-refractivity contribution >= 4 is 21.9 Å². The summed E-state index contributed by atoms with van der Waals surface area (Å²) in [5.41, 5.74) is 3.65. The number of aryl methyl sites for hydroxylation is 1. The number of aliphatic carboxylic acids is 1. The van der Waals surface area contributed by atoms with Crippen molar-refractivity contribution in [2.75, 3.05) is 6.61 Å². The molecule has 0 fully saturated rings. The SMILES string of the molecule is CCc1c(CCC(=O)O)cc(Br)c2c1CCO2. The van der Waals surface area contributed by atoms with Gasteiger partial charge in [0, 0.05) is 18.4 Å². The normalized spacial score (nSPS) is 13.3. The highest BCUT2D eigenvalue weighted by molar-refractivity contribution is 9.10. The molecular formula is C13H15BrO3. The standard InChI is InChI=1S/C13H15BrO3/c1-2-9-8(3-4-12(15)16)7-11(14)13-10(9)5-6-17-13/h7H,2-6H2,1H3,(H,15,16). The van der Waals surface area contributed by atoms with Crippen LogP contribution in [0.4, 0.5) is 0 Å². The number of ether oxygens (including phenoxy) is 1. The average Bonchev–Trinajstić information content (AvgIpc) is 2.76. The summed E-state index contributed by atoms with van der Waals surface area (Å²) in [6, 6.07) is 2.01. The molecule has 0 bridgehead atoms. The summed E-state index contributed by atoms with van der Waals surface area (Å²) >= 11 is 3.50. The van der Waals surface area contributed by atoms with Gasteiger partial charge in [-0.3, -0.25) is 4.79 Å². The Morgan fingerprint density at radius 1 is 1.59 bits per heavy atom. The Kier molecular flexibility index (Phi) is 3.72. The maximum atomic E-state index is 10.7. The first-order chi connectivity index (χ1) is 8.13. The van der Waals surface area contributed by atoms with E-state index in [0.29, 0.717) is 6.42 Å². The first-order valence-corrected chi connectivity index (χ1v) is 6.60. The first kappa shape index (κ1) is 12.4. The minimum absolute atomic E-state index is 0.180. The van der Waals surface area contributed by atoms with E-state index in [1.807, 2.05) is 6.07 Å². The van der Waals surface area contributed by atoms with E-state index in [4.69, 9.17) is 9.84 Å². The molecule has 1 heterocycles. The average molecular weight is 299 g/mol. The van der Waals surface area contributed by atoms with Crippen molar-refractivity contribution in [1.29, 1.82) is 0 Å². The molecule has 0 radical (unpaired) electrons. The van der Waals surface area contributed by atoms with Gasteiger partial charge in [-0.25, -0.2) is 0 Å². The van der Waals surface area contributed by atoms with Gasteiger partial charge >= 0.3 is 5.97 Å². The molecule has 17 heavy (non-hydrogen) atoms. The lowest BCUT2D eigenvalue weighted by molar-refractivity contribution is -0.136. The fourth-order valence-corrected chi connectivity index (χ4v) is 2.99. The summed E-state index contributed by atoms with van der Waals surface area (Å²) < 4.78 is 6.54. The van der Waals surface area contributed by atoms with Gasteiger partial charge in [0.05, 0.1) is 11.1 Å². The lowest BCUT2D eigenvalue weighted by Gasteiger charge is -2.13. The van der Waals surface area contributed by atoms with Crippen LogP contribution in [0.1, 0.15) is 30.0 Å². The Labute approximate surface area is 109 Å². The molecular weight excluding hydrogens is 284 g/mol. The lowest BCUT2D eigenvalue weighted by atomic mass is 9.94. The van der Waals surface area contributed by atoms with Crippen molar-refractivity contribution < 1.29 is 14.6 Å². The zero-order valence-corrected chi connectivity index (χ0v) is 11.3. The third kappa shape index (κ3) is 2.46. The van der Waals surface area contributed by atoms with Crippen molar-refractivity contribution in [3.63, 3.8) is 0 Å². The monoisotopic (exact) mass is 298 g/mol. The Morgan fingerprint density at radius 2 is 2.35 bits per heavy atom. The van der Waals surface area contributed by atoms with E-state index in [1.165, 1.54) is 11.1 Å². The van der Waals surface area contributed by atoms with Crippen LogP contribution >= 0.6 is 15.9 Å². The molecule has 0 atom stereocenters. The van der Waals surface area contributed by atoms with E-state index in [2.05, 4.69) is 22.9 Å². The molecule has 0 saturated carbocycles. The van der Waals surface area contributed by atoms with E-state index in [0.717, 1.165) is 35.2 Å². The Hall–Kier alpha value is -1.03. The second-order valence-corrected chi connectivity index (χ2v) is 5.00. The van der Waals surface area contributed by atoms with Crippen LogP contribution < -0.4 is 4.74 Å². The maximum absolute atomic E-state index is 10.7. The van der Waals surface area contributed by atoms with Crippen molar-refractivity contribution in [2.24, 2.45) is 0 Å². The molecule has 0 saturated heterocycles. The molecule has 0 aliphatic carbocycles. The molecule has 2 rings (SSSR count). The predicted molar refractivity (Wildman–Crippen MR) is 68.7 cm³/mol. The number of carbonyl (C=O) groups is 1. The van der Waals surface area contributed by atoms with Crippen LogP contribution in [-0.2, 0) is 24.1 Å². The van der Waals surface area contributed by atoms with Crippen LogP contribution in [0.25, 0.3) is 0 Å². The summed E-state index contributed by atoms with van der Waals surface area (Å²) in [6.45, 7) is 2.83. The minimum atomic E-state index is -0.750. The third-order valence-electron chi connectivity index (χ3n) is 3.10. The van der Waals surface area contributed by atoms with E-state index in [9.17, 15) is 4.79 Å². The minimum Gasteiger partial charge on any atom is -0.492 e. The molecule has 1 N–H and O–H groups in total. The van der Waals surface area contributed by atoms with Gasteiger partial charge in [0.25, 0.3) is 0 Å². The molecule has 0 aromatic heterocycles. The topological polar surface area (TPSA) is 46.5 Å². The molecule has 0 spiro atoms. The molecule has 1 aromatic carbocycles. The van der Waals surface area contributed by atoms with Crippen molar-refractivity contribution in [2.45, 2.75) is 32.6 Å². The zero-order valence-electron chi connectivity index (χ0n) is 9.75. The van der Waals surface area contributed by atoms with Crippen molar-refractivity contribution in [1.82, 2.24) is 0 Å². The molecule has 3 nitrogen and oxygen atoms in total. The van der Waals surface area contributed by atoms with Crippen molar-refractivity contribution in [3.8, 4) is 5.75 Å². The summed E-state index contributed by atoms with van der Waals surface area (Å²) in [4.78, 5) is 10.7. The molecule has 1 aliphatic heterocycles. The van der Waals surface area contributed by atoms with Gasteiger partial charge in [-0.15, -0.1) is 0 Å². The molecule has 1 aliphatic rings. The second-order valence-electron chi connectivity index (χ2n) is 4.15. The van der Waals surface area contributed by atoms with Crippen molar-refractivity contribution in [3.05, 3.63) is 27.2 Å². The second kappa shape index (κ2) is 5.08. The number of hydrogen-bond acceptors (Lipinski definition) is 2. The molecule has 0 amide bonds. The van der Waals surface area contributed by atoms with E-state index in [1.54, 1.807) is 0 Å². The number of carboxylic acid groups (broad SMARTS) is 1. The van der Waals surface area contributed by atoms with Crippen LogP contribution in [-0.4, -0.2) is 17.7 Å². The quantitative estimate of drug-likeness (QED) is 0.929. The number of benzene rings is 1. The number of halogens is 1. The first-order valence-electron chi connectivity index (χ1n) is 5.81. The highest BCUT2D eigenvalue weighted by Crippen LogP contribution is 2.38. The highest BCUT2D eigenvalue weighted by atomic mass is 79.9. The van der Waals surface area contributed by atoms with Gasteiger partial charge < -0.3 is 9.84 Å². The molecule has 92 valence electrons. The van der Waals surface area contributed by atoms with Crippen LogP contribution in [0, 0.1) is 0 Å². The van der Waals surface area contributed by atoms with Gasteiger partial charge in [0.1, 0.15) is 5.75 Å². The molecule has 1 aromatic rings.